The normalized spacial score (nSPS) is 10.6. The number of hydrogen-bond acceptors (Lipinski definition) is 1. The zero-order valence-corrected chi connectivity index (χ0v) is 12.1. The minimum Gasteiger partial charge on any atom is -0.256 e. The Morgan fingerprint density at radius 2 is 1.52 bits per heavy atom. The van der Waals surface area contributed by atoms with E-state index < -0.39 is 0 Å². The van der Waals surface area contributed by atoms with Crippen LogP contribution in [0.15, 0.2) is 60.8 Å². The van der Waals surface area contributed by atoms with Gasteiger partial charge in [0.2, 0.25) is 0 Å². The summed E-state index contributed by atoms with van der Waals surface area (Å²) in [5.41, 5.74) is 6.45. The average molecular weight is 275 g/mol. The summed E-state index contributed by atoms with van der Waals surface area (Å²) in [4.78, 5) is 4.54. The molecule has 0 aliphatic heterocycles. The molecule has 0 saturated carbocycles. The van der Waals surface area contributed by atoms with Gasteiger partial charge in [-0.15, -0.1) is 0 Å². The third-order valence-electron chi connectivity index (χ3n) is 3.61. The van der Waals surface area contributed by atoms with Gasteiger partial charge in [-0.25, -0.2) is 4.39 Å². The van der Waals surface area contributed by atoms with Gasteiger partial charge in [0.25, 0.3) is 0 Å². The fourth-order valence-corrected chi connectivity index (χ4v) is 2.37. The molecule has 2 aromatic carbocycles. The molecular formula is C18H15BFN. The molecule has 3 rings (SSSR count). The lowest BCUT2D eigenvalue weighted by atomic mass is 9.94. The van der Waals surface area contributed by atoms with E-state index >= 15 is 0 Å². The molecule has 102 valence electrons. The molecule has 3 aromatic rings. The van der Waals surface area contributed by atoms with Crippen LogP contribution in [0.3, 0.4) is 0 Å². The van der Waals surface area contributed by atoms with Crippen LogP contribution >= 0.6 is 0 Å². The molecule has 0 spiro atoms. The first-order chi connectivity index (χ1) is 10.1. The average Bonchev–Trinajstić information content (AvgIpc) is 2.49. The molecule has 0 unspecified atom stereocenters. The highest BCUT2D eigenvalue weighted by Gasteiger charge is 2.06. The number of halogens is 1. The van der Waals surface area contributed by atoms with Crippen LogP contribution in [0.1, 0.15) is 5.56 Å². The predicted octanol–water partition coefficient (Wildman–Crippen LogP) is 3.12. The van der Waals surface area contributed by atoms with Crippen molar-refractivity contribution in [2.45, 2.75) is 6.92 Å². The summed E-state index contributed by atoms with van der Waals surface area (Å²) in [6.07, 6.45) is 1.86. The molecule has 0 N–H and O–H groups in total. The largest absolute Gasteiger partial charge is 0.256 e. The van der Waals surface area contributed by atoms with Gasteiger partial charge in [0.15, 0.2) is 0 Å². The Morgan fingerprint density at radius 3 is 2.14 bits per heavy atom. The van der Waals surface area contributed by atoms with Crippen LogP contribution in [0.4, 0.5) is 4.39 Å². The van der Waals surface area contributed by atoms with Crippen molar-refractivity contribution >= 4 is 13.3 Å². The third kappa shape index (κ3) is 2.87. The van der Waals surface area contributed by atoms with Crippen molar-refractivity contribution in [3.8, 4) is 22.4 Å². The number of benzene rings is 2. The van der Waals surface area contributed by atoms with E-state index in [-0.39, 0.29) is 5.82 Å². The van der Waals surface area contributed by atoms with E-state index in [1.54, 1.807) is 12.1 Å². The van der Waals surface area contributed by atoms with E-state index in [9.17, 15) is 4.39 Å². The maximum Gasteiger partial charge on any atom is 0.139 e. The lowest BCUT2D eigenvalue weighted by Crippen LogP contribution is -1.99. The molecule has 0 atom stereocenters. The Hall–Kier alpha value is -2.42. The number of aromatic nitrogens is 1. The molecule has 3 heteroatoms. The minimum atomic E-state index is -0.222. The second-order valence-electron chi connectivity index (χ2n) is 5.26. The van der Waals surface area contributed by atoms with E-state index in [1.807, 2.05) is 6.20 Å². The van der Waals surface area contributed by atoms with E-state index in [1.165, 1.54) is 17.6 Å². The van der Waals surface area contributed by atoms with Gasteiger partial charge in [-0.3, -0.25) is 4.98 Å². The van der Waals surface area contributed by atoms with Gasteiger partial charge in [-0.1, -0.05) is 41.9 Å². The molecule has 0 aliphatic rings. The molecule has 0 aliphatic carbocycles. The highest BCUT2D eigenvalue weighted by molar-refractivity contribution is 6.32. The smallest absolute Gasteiger partial charge is 0.139 e. The van der Waals surface area contributed by atoms with Crippen LogP contribution in [-0.4, -0.2) is 12.8 Å². The molecule has 1 nitrogen and oxygen atoms in total. The summed E-state index contributed by atoms with van der Waals surface area (Å²) in [5, 5.41) is 0. The molecule has 0 saturated heterocycles. The molecule has 0 radical (unpaired) electrons. The topological polar surface area (TPSA) is 12.9 Å². The lowest BCUT2D eigenvalue weighted by molar-refractivity contribution is 0.628. The maximum atomic E-state index is 13.0. The first kappa shape index (κ1) is 13.6. The number of pyridine rings is 1. The molecular weight excluding hydrogens is 260 g/mol. The summed E-state index contributed by atoms with van der Waals surface area (Å²) in [5.74, 6) is -0.222. The second kappa shape index (κ2) is 5.53. The number of aryl methyl sites for hydroxylation is 1. The van der Waals surface area contributed by atoms with Crippen LogP contribution < -0.4 is 5.46 Å². The van der Waals surface area contributed by atoms with Crippen molar-refractivity contribution in [1.29, 1.82) is 0 Å². The maximum absolute atomic E-state index is 13.0. The number of nitrogens with zero attached hydrogens (tertiary/aromatic N) is 1. The van der Waals surface area contributed by atoms with Gasteiger partial charge in [-0.05, 0) is 36.2 Å². The third-order valence-corrected chi connectivity index (χ3v) is 3.61. The van der Waals surface area contributed by atoms with Gasteiger partial charge in [0, 0.05) is 17.3 Å². The van der Waals surface area contributed by atoms with E-state index in [0.29, 0.717) is 0 Å². The van der Waals surface area contributed by atoms with Gasteiger partial charge < -0.3 is 0 Å². The Balaban J connectivity index is 1.99. The monoisotopic (exact) mass is 275 g/mol. The Bertz CT molecular complexity index is 764. The van der Waals surface area contributed by atoms with Crippen molar-refractivity contribution in [2.75, 3.05) is 0 Å². The van der Waals surface area contributed by atoms with Crippen LogP contribution in [-0.2, 0) is 0 Å². The van der Waals surface area contributed by atoms with E-state index in [2.05, 4.69) is 50.1 Å². The summed E-state index contributed by atoms with van der Waals surface area (Å²) in [7, 11) is 2.07. The summed E-state index contributed by atoms with van der Waals surface area (Å²) in [6.45, 7) is 2.05. The molecule has 0 amide bonds. The van der Waals surface area contributed by atoms with Crippen molar-refractivity contribution < 1.29 is 4.39 Å². The van der Waals surface area contributed by atoms with Crippen molar-refractivity contribution in [1.82, 2.24) is 4.98 Å². The first-order valence-electron chi connectivity index (χ1n) is 6.93. The highest BCUT2D eigenvalue weighted by Crippen LogP contribution is 2.26. The summed E-state index contributed by atoms with van der Waals surface area (Å²) < 4.78 is 13.0. The van der Waals surface area contributed by atoms with Gasteiger partial charge in [0.1, 0.15) is 13.7 Å². The van der Waals surface area contributed by atoms with E-state index in [0.717, 1.165) is 27.9 Å². The minimum absolute atomic E-state index is 0.222. The fraction of sp³-hybridized carbons (Fsp3) is 0.0556. The molecule has 0 fully saturated rings. The quantitative estimate of drug-likeness (QED) is 0.655. The lowest BCUT2D eigenvalue weighted by Gasteiger charge is -2.08. The Kier molecular flexibility index (Phi) is 3.57. The number of rotatable bonds is 2. The zero-order valence-electron chi connectivity index (χ0n) is 12.1. The fourth-order valence-electron chi connectivity index (χ4n) is 2.37. The highest BCUT2D eigenvalue weighted by atomic mass is 19.1. The predicted molar refractivity (Wildman–Crippen MR) is 88.0 cm³/mol. The van der Waals surface area contributed by atoms with Gasteiger partial charge in [0.05, 0.1) is 5.69 Å². The molecule has 0 bridgehead atoms. The Morgan fingerprint density at radius 1 is 0.905 bits per heavy atom. The SMILES string of the molecule is Bc1ccc(-c2cc(C)c(-c3ccc(F)cc3)cn2)cc1. The summed E-state index contributed by atoms with van der Waals surface area (Å²) >= 11 is 0. The first-order valence-corrected chi connectivity index (χ1v) is 6.93. The number of hydrogen-bond donors (Lipinski definition) is 0. The van der Waals surface area contributed by atoms with Crippen molar-refractivity contribution in [3.05, 3.63) is 72.2 Å². The molecule has 21 heavy (non-hydrogen) atoms. The van der Waals surface area contributed by atoms with Gasteiger partial charge in [-0.2, -0.15) is 0 Å². The van der Waals surface area contributed by atoms with E-state index in [4.69, 9.17) is 0 Å². The molecule has 1 aromatic heterocycles. The van der Waals surface area contributed by atoms with Crippen molar-refractivity contribution in [3.63, 3.8) is 0 Å². The van der Waals surface area contributed by atoms with Crippen LogP contribution in [0.2, 0.25) is 0 Å². The zero-order chi connectivity index (χ0) is 14.8. The summed E-state index contributed by atoms with van der Waals surface area (Å²) in [6, 6.07) is 16.9. The molecule has 1 heterocycles. The van der Waals surface area contributed by atoms with Gasteiger partial charge >= 0.3 is 0 Å². The van der Waals surface area contributed by atoms with Crippen LogP contribution in [0.25, 0.3) is 22.4 Å². The van der Waals surface area contributed by atoms with Crippen LogP contribution in [0, 0.1) is 12.7 Å². The Labute approximate surface area is 124 Å². The van der Waals surface area contributed by atoms with Crippen LogP contribution in [0.5, 0.6) is 0 Å². The standard InChI is InChI=1S/C18H15BFN/c1-12-10-18(14-2-6-15(19)7-3-14)21-11-17(12)13-4-8-16(20)9-5-13/h2-11H,19H2,1H3. The second-order valence-corrected chi connectivity index (χ2v) is 5.26. The van der Waals surface area contributed by atoms with Crippen molar-refractivity contribution in [2.24, 2.45) is 0 Å².